The van der Waals surface area contributed by atoms with Gasteiger partial charge in [-0.2, -0.15) is 10.8 Å². The van der Waals surface area contributed by atoms with Crippen molar-refractivity contribution >= 4 is 93.5 Å². The Hall–Kier alpha value is -0.623. The first-order valence-electron chi connectivity index (χ1n) is 14.3. The smallest absolute Gasteiger partial charge is 0.377 e. The summed E-state index contributed by atoms with van der Waals surface area (Å²) in [5.41, 5.74) is 0.769. The van der Waals surface area contributed by atoms with Crippen LogP contribution in [-0.4, -0.2) is 59.9 Å². The number of nitrogens with zero attached hydrogens (tertiary/aromatic N) is 3. The van der Waals surface area contributed by atoms with E-state index in [1.54, 1.807) is 24.3 Å². The van der Waals surface area contributed by atoms with E-state index in [-0.39, 0.29) is 48.2 Å². The van der Waals surface area contributed by atoms with Gasteiger partial charge < -0.3 is 16.4 Å². The molecule has 18 heteroatoms. The van der Waals surface area contributed by atoms with E-state index >= 15 is 0 Å². The second-order valence-corrected chi connectivity index (χ2v) is 19.1. The Morgan fingerprint density at radius 2 is 1.42 bits per heavy atom. The summed E-state index contributed by atoms with van der Waals surface area (Å²) in [5, 5.41) is 21.6. The fraction of sp³-hybridized carbons (Fsp3) is 0.533. The van der Waals surface area contributed by atoms with Gasteiger partial charge in [-0.1, -0.05) is 45.2 Å². The monoisotopic (exact) mass is 942 g/mol. The number of unbranched alkanes of at least 4 members (excludes halogenated alkanes) is 1. The molecule has 2 unspecified atom stereocenters. The fourth-order valence-corrected chi connectivity index (χ4v) is 5.83. The number of nitro groups is 2. The van der Waals surface area contributed by atoms with Crippen LogP contribution in [0.4, 0.5) is 11.4 Å². The molecule has 2 aliphatic heterocycles. The van der Waals surface area contributed by atoms with E-state index in [1.165, 1.54) is 18.6 Å². The zero-order valence-electron chi connectivity index (χ0n) is 28.5. The van der Waals surface area contributed by atoms with Crippen LogP contribution in [0.1, 0.15) is 66.9 Å². The van der Waals surface area contributed by atoms with Gasteiger partial charge in [-0.25, -0.2) is 13.1 Å². The van der Waals surface area contributed by atoms with E-state index in [0.29, 0.717) is 26.8 Å². The molecule has 2 aliphatic rings. The summed E-state index contributed by atoms with van der Waals surface area (Å²) in [6.45, 7) is 18.6. The summed E-state index contributed by atoms with van der Waals surface area (Å²) in [5.74, 6) is 0. The van der Waals surface area contributed by atoms with E-state index in [9.17, 15) is 28.6 Å². The van der Waals surface area contributed by atoms with Crippen LogP contribution < -0.4 is 23.6 Å². The molecule has 0 aromatic heterocycles. The van der Waals surface area contributed by atoms with Crippen LogP contribution in [0.15, 0.2) is 49.7 Å². The summed E-state index contributed by atoms with van der Waals surface area (Å²) in [6.07, 6.45) is 2.28. The molecule has 0 spiro atoms. The maximum atomic E-state index is 12.4. The number of nitro benzene ring substituents is 2. The van der Waals surface area contributed by atoms with Gasteiger partial charge in [0.1, 0.15) is 16.5 Å². The third-order valence-corrected chi connectivity index (χ3v) is 11.0. The average Bonchev–Trinajstić information content (AvgIpc) is 2.93. The van der Waals surface area contributed by atoms with E-state index in [4.69, 9.17) is 9.47 Å². The maximum absolute atomic E-state index is 12.4. The zero-order valence-corrected chi connectivity index (χ0v) is 35.4. The Balaban J connectivity index is 0.000000694. The number of rotatable bonds is 7. The van der Waals surface area contributed by atoms with Gasteiger partial charge in [0, 0.05) is 21.1 Å². The molecule has 2 heterocycles. The van der Waals surface area contributed by atoms with Crippen molar-refractivity contribution < 1.29 is 46.6 Å². The summed E-state index contributed by atoms with van der Waals surface area (Å²) >= 11 is 8.32. The van der Waals surface area contributed by atoms with Crippen molar-refractivity contribution in [3.8, 4) is 0 Å². The van der Waals surface area contributed by atoms with Gasteiger partial charge in [0.25, 0.3) is 11.4 Å². The quantitative estimate of drug-likeness (QED) is 0.131. The minimum atomic E-state index is -1.35. The Morgan fingerprint density at radius 1 is 0.938 bits per heavy atom. The van der Waals surface area contributed by atoms with Crippen molar-refractivity contribution in [2.24, 2.45) is 4.40 Å². The van der Waals surface area contributed by atoms with Gasteiger partial charge in [-0.05, 0) is 88.4 Å². The molecule has 0 amide bonds. The van der Waals surface area contributed by atoms with Gasteiger partial charge in [-0.3, -0.25) is 20.2 Å². The first-order valence-corrected chi connectivity index (χ1v) is 19.3. The van der Waals surface area contributed by atoms with Gasteiger partial charge in [-0.15, -0.1) is 0 Å². The minimum absolute atomic E-state index is 0. The number of hydrogen-bond donors (Lipinski definition) is 1. The number of ether oxygens (including phenoxy) is 2. The largest absolute Gasteiger partial charge is 1.00 e. The second kappa shape index (κ2) is 21.7. The predicted octanol–water partition coefficient (Wildman–Crippen LogP) is 5.14. The molecule has 264 valence electrons. The molecule has 2 fully saturated rings. The molecule has 0 radical (unpaired) electrons. The molecule has 4 rings (SSSR count). The first kappa shape index (κ1) is 47.4. The van der Waals surface area contributed by atoms with Crippen LogP contribution in [0.3, 0.4) is 0 Å². The third kappa shape index (κ3) is 15.7. The standard InChI is InChI=1S/C13H17BrN2O4S.C7H13NO2S.C6H3BrINO2.C4H9.Li/c1-12(2,3)21(19)15-13(7-20-8-13)10-5-4-9(14)6-11(10)16(17)18;1-7(2,3)11(9)8-6-4-10-5-6;7-4-1-2-5(8)6(3-4)9(10)11;1-3-4-2;/h4-6,15H,7-8H2,1-3H3;4-5H2,1-3H3;1-3H;1,3-4H2,2H3;/q;;;-1;+1. The van der Waals surface area contributed by atoms with Gasteiger partial charge in [0.05, 0.1) is 71.6 Å². The molecule has 0 aliphatic carbocycles. The van der Waals surface area contributed by atoms with Crippen LogP contribution >= 0.6 is 54.5 Å². The second-order valence-electron chi connectivity index (χ2n) is 12.2. The normalized spacial score (nSPS) is 15.9. The summed E-state index contributed by atoms with van der Waals surface area (Å²) < 4.78 is 42.2. The molecular weight excluding hydrogens is 902 g/mol. The summed E-state index contributed by atoms with van der Waals surface area (Å²) in [7, 11) is -2.46. The van der Waals surface area contributed by atoms with Crippen LogP contribution in [0.5, 0.6) is 0 Å². The molecule has 0 bridgehead atoms. The molecule has 48 heavy (non-hydrogen) atoms. The van der Waals surface area contributed by atoms with E-state index < -0.39 is 42.1 Å². The first-order chi connectivity index (χ1) is 21.7. The molecule has 2 aromatic rings. The fourth-order valence-electron chi connectivity index (χ4n) is 3.09. The van der Waals surface area contributed by atoms with E-state index in [2.05, 4.69) is 54.8 Å². The van der Waals surface area contributed by atoms with Crippen LogP contribution in [0.2, 0.25) is 0 Å². The molecule has 1 N–H and O–H groups in total. The number of halogens is 3. The average molecular weight is 944 g/mol. The van der Waals surface area contributed by atoms with Crippen LogP contribution in [-0.2, 0) is 37.0 Å². The number of benzene rings is 2. The maximum Gasteiger partial charge on any atom is 1.00 e. The summed E-state index contributed by atoms with van der Waals surface area (Å²) in [6, 6.07) is 9.83. The predicted molar refractivity (Wildman–Crippen MR) is 204 cm³/mol. The van der Waals surface area contributed by atoms with Gasteiger partial charge >= 0.3 is 18.9 Å². The SMILES string of the molecule is CC(C)(C)S(=O)N=C1COC1.CC(C)(C)S(=O)NC1(c2ccc(Br)cc2[N+](=O)[O-])COC1.O=[N+]([O-])c1cc(Br)ccc1I.[CH2-]CCC.[Li+]. The Kier molecular flexibility index (Phi) is 21.4. The Bertz CT molecular complexity index is 1460. The third-order valence-electron chi connectivity index (χ3n) is 5.94. The van der Waals surface area contributed by atoms with Crippen molar-refractivity contribution in [2.75, 3.05) is 26.4 Å². The van der Waals surface area contributed by atoms with Crippen LogP contribution in [0, 0.1) is 30.7 Å². The molecular formula is C30H42Br2ILiN4O8S2. The van der Waals surface area contributed by atoms with Crippen LogP contribution in [0.25, 0.3) is 0 Å². The van der Waals surface area contributed by atoms with Crippen molar-refractivity contribution in [1.82, 2.24) is 4.72 Å². The van der Waals surface area contributed by atoms with Crippen molar-refractivity contribution in [3.05, 3.63) is 81.6 Å². The summed E-state index contributed by atoms with van der Waals surface area (Å²) in [4.78, 5) is 20.8. The number of hydrogen-bond acceptors (Lipinski definition) is 8. The molecule has 2 saturated heterocycles. The zero-order chi connectivity index (χ0) is 36.2. The molecule has 2 atom stereocenters. The van der Waals surface area contributed by atoms with Gasteiger partial charge in [0.2, 0.25) is 0 Å². The van der Waals surface area contributed by atoms with E-state index in [0.717, 1.165) is 16.6 Å². The van der Waals surface area contributed by atoms with Gasteiger partial charge in [0.15, 0.2) is 0 Å². The molecule has 2 aromatic carbocycles. The van der Waals surface area contributed by atoms with Crippen molar-refractivity contribution in [1.29, 1.82) is 0 Å². The molecule has 12 nitrogen and oxygen atoms in total. The topological polar surface area (TPSA) is 163 Å². The number of nitrogens with one attached hydrogen (secondary N) is 1. The van der Waals surface area contributed by atoms with E-state index in [1.807, 2.05) is 64.1 Å². The minimum Gasteiger partial charge on any atom is -0.377 e. The van der Waals surface area contributed by atoms with Crippen molar-refractivity contribution in [3.63, 3.8) is 0 Å². The Morgan fingerprint density at radius 3 is 1.75 bits per heavy atom. The van der Waals surface area contributed by atoms with Crippen molar-refractivity contribution in [2.45, 2.75) is 76.3 Å². The Labute approximate surface area is 330 Å². The molecule has 0 saturated carbocycles.